The summed E-state index contributed by atoms with van der Waals surface area (Å²) in [5.41, 5.74) is 0. The third kappa shape index (κ3) is 18.7. The monoisotopic (exact) mass is 339 g/mol. The second kappa shape index (κ2) is 18.0. The number of hydrogen-bond donors (Lipinski definition) is 2. The summed E-state index contributed by atoms with van der Waals surface area (Å²) in [6.45, 7) is 4.19. The molecule has 4 nitrogen and oxygen atoms in total. The van der Waals surface area contributed by atoms with Crippen LogP contribution in [-0.2, 0) is 9.59 Å². The Balaban J connectivity index is 3.04. The Morgan fingerprint density at radius 2 is 1.08 bits per heavy atom. The average Bonchev–Trinajstić information content (AvgIpc) is 2.57. The summed E-state index contributed by atoms with van der Waals surface area (Å²) in [6, 6.07) is 0. The van der Waals surface area contributed by atoms with E-state index in [-0.39, 0.29) is 5.91 Å². The summed E-state index contributed by atoms with van der Waals surface area (Å²) in [5, 5.41) is 11.3. The molecule has 0 unspecified atom stereocenters. The quantitative estimate of drug-likeness (QED) is 0.265. The second-order valence-electron chi connectivity index (χ2n) is 6.59. The maximum absolute atomic E-state index is 10.9. The molecule has 2 N–H and O–H groups in total. The number of carbonyl (C=O) groups excluding carboxylic acids is 1. The summed E-state index contributed by atoms with van der Waals surface area (Å²) in [4.78, 5) is 21.3. The van der Waals surface area contributed by atoms with Gasteiger partial charge in [-0.2, -0.15) is 0 Å². The van der Waals surface area contributed by atoms with E-state index in [2.05, 4.69) is 11.9 Å². The Morgan fingerprint density at radius 3 is 1.46 bits per heavy atom. The molecule has 0 spiro atoms. The van der Waals surface area contributed by atoms with E-state index in [0.29, 0.717) is 6.42 Å². The van der Waals surface area contributed by atoms with Gasteiger partial charge in [0.05, 0.1) is 0 Å². The standard InChI is InChI=1S/C20H37NO3/c1-2-19(22)21-18-16-14-12-10-8-6-4-3-5-7-9-11-13-15-17-20(23)24/h2H,1,3-18H2,(H,21,22)(H,23,24). The minimum absolute atomic E-state index is 0.0738. The first-order chi connectivity index (χ1) is 11.7. The van der Waals surface area contributed by atoms with E-state index in [9.17, 15) is 9.59 Å². The van der Waals surface area contributed by atoms with Crippen molar-refractivity contribution in [3.05, 3.63) is 12.7 Å². The molecule has 0 aliphatic rings. The number of carboxylic acid groups (broad SMARTS) is 1. The number of rotatable bonds is 18. The van der Waals surface area contributed by atoms with E-state index >= 15 is 0 Å². The van der Waals surface area contributed by atoms with E-state index in [1.807, 2.05) is 0 Å². The van der Waals surface area contributed by atoms with Gasteiger partial charge in [0.2, 0.25) is 5.91 Å². The Hall–Kier alpha value is -1.32. The lowest BCUT2D eigenvalue weighted by molar-refractivity contribution is -0.137. The molecule has 0 bridgehead atoms. The van der Waals surface area contributed by atoms with Crippen molar-refractivity contribution in [2.24, 2.45) is 0 Å². The van der Waals surface area contributed by atoms with Crippen LogP contribution < -0.4 is 5.32 Å². The molecule has 140 valence electrons. The van der Waals surface area contributed by atoms with Crippen LogP contribution >= 0.6 is 0 Å². The molecule has 0 heterocycles. The number of unbranched alkanes of at least 4 members (excludes halogenated alkanes) is 13. The molecule has 0 aliphatic carbocycles. The van der Waals surface area contributed by atoms with Crippen molar-refractivity contribution in [3.63, 3.8) is 0 Å². The summed E-state index contributed by atoms with van der Waals surface area (Å²) in [7, 11) is 0. The molecule has 4 heteroatoms. The number of carboxylic acids is 1. The Labute approximate surface area is 148 Å². The smallest absolute Gasteiger partial charge is 0.303 e. The van der Waals surface area contributed by atoms with Crippen LogP contribution in [0.4, 0.5) is 0 Å². The molecule has 24 heavy (non-hydrogen) atoms. The van der Waals surface area contributed by atoms with Crippen LogP contribution in [0.25, 0.3) is 0 Å². The predicted molar refractivity (Wildman–Crippen MR) is 100 cm³/mol. The van der Waals surface area contributed by atoms with Gasteiger partial charge >= 0.3 is 5.97 Å². The van der Waals surface area contributed by atoms with Gasteiger partial charge in [-0.15, -0.1) is 0 Å². The third-order valence-corrected chi connectivity index (χ3v) is 4.30. The van der Waals surface area contributed by atoms with Gasteiger partial charge in [0.15, 0.2) is 0 Å². The van der Waals surface area contributed by atoms with Crippen LogP contribution in [0.5, 0.6) is 0 Å². The molecule has 0 rings (SSSR count). The molecule has 0 saturated carbocycles. The molecule has 0 aromatic heterocycles. The second-order valence-corrected chi connectivity index (χ2v) is 6.59. The number of hydrogen-bond acceptors (Lipinski definition) is 2. The first-order valence-electron chi connectivity index (χ1n) is 9.79. The first-order valence-corrected chi connectivity index (χ1v) is 9.79. The lowest BCUT2D eigenvalue weighted by Gasteiger charge is -2.04. The molecule has 1 amide bonds. The molecular weight excluding hydrogens is 302 g/mol. The van der Waals surface area contributed by atoms with E-state index in [1.165, 1.54) is 76.7 Å². The number of aliphatic carboxylic acids is 1. The Morgan fingerprint density at radius 1 is 0.708 bits per heavy atom. The molecule has 0 saturated heterocycles. The molecule has 0 radical (unpaired) electrons. The van der Waals surface area contributed by atoms with Gasteiger partial charge in [-0.3, -0.25) is 9.59 Å². The highest BCUT2D eigenvalue weighted by Gasteiger charge is 1.97. The van der Waals surface area contributed by atoms with Crippen molar-refractivity contribution in [2.45, 2.75) is 96.3 Å². The minimum atomic E-state index is -0.672. The first kappa shape index (κ1) is 22.7. The maximum Gasteiger partial charge on any atom is 0.303 e. The van der Waals surface area contributed by atoms with Crippen molar-refractivity contribution in [3.8, 4) is 0 Å². The minimum Gasteiger partial charge on any atom is -0.481 e. The Kier molecular flexibility index (Phi) is 17.0. The van der Waals surface area contributed by atoms with Crippen molar-refractivity contribution >= 4 is 11.9 Å². The van der Waals surface area contributed by atoms with Crippen LogP contribution in [0.15, 0.2) is 12.7 Å². The molecule has 0 atom stereocenters. The number of carbonyl (C=O) groups is 2. The van der Waals surface area contributed by atoms with Crippen LogP contribution in [0.1, 0.15) is 96.3 Å². The molecular formula is C20H37NO3. The highest BCUT2D eigenvalue weighted by Crippen LogP contribution is 2.13. The Bertz CT molecular complexity index is 329. The van der Waals surface area contributed by atoms with Gasteiger partial charge in [0.25, 0.3) is 0 Å². The summed E-state index contributed by atoms with van der Waals surface area (Å²) < 4.78 is 0. The number of nitrogens with one attached hydrogen (secondary N) is 1. The third-order valence-electron chi connectivity index (χ3n) is 4.30. The van der Waals surface area contributed by atoms with Gasteiger partial charge in [-0.05, 0) is 18.9 Å². The van der Waals surface area contributed by atoms with Crippen LogP contribution in [-0.4, -0.2) is 23.5 Å². The SMILES string of the molecule is C=CC(=O)NCCCCCCCCCCCCCCCCC(=O)O. The molecule has 0 aromatic carbocycles. The topological polar surface area (TPSA) is 66.4 Å². The van der Waals surface area contributed by atoms with Crippen molar-refractivity contribution < 1.29 is 14.7 Å². The van der Waals surface area contributed by atoms with E-state index in [1.54, 1.807) is 0 Å². The number of amides is 1. The summed E-state index contributed by atoms with van der Waals surface area (Å²) >= 11 is 0. The van der Waals surface area contributed by atoms with Crippen LogP contribution in [0, 0.1) is 0 Å². The largest absolute Gasteiger partial charge is 0.481 e. The lowest BCUT2D eigenvalue weighted by Crippen LogP contribution is -2.21. The van der Waals surface area contributed by atoms with Gasteiger partial charge in [0.1, 0.15) is 0 Å². The molecule has 0 aromatic rings. The van der Waals surface area contributed by atoms with E-state index in [0.717, 1.165) is 25.8 Å². The van der Waals surface area contributed by atoms with Crippen molar-refractivity contribution in [2.75, 3.05) is 6.54 Å². The fourth-order valence-electron chi connectivity index (χ4n) is 2.81. The summed E-state index contributed by atoms with van der Waals surface area (Å²) in [5.74, 6) is -0.746. The fraction of sp³-hybridized carbons (Fsp3) is 0.800. The van der Waals surface area contributed by atoms with Crippen LogP contribution in [0.2, 0.25) is 0 Å². The van der Waals surface area contributed by atoms with Crippen molar-refractivity contribution in [1.29, 1.82) is 0 Å². The predicted octanol–water partition coefficient (Wildman–Crippen LogP) is 5.22. The summed E-state index contributed by atoms with van der Waals surface area (Å²) in [6.07, 6.45) is 18.7. The van der Waals surface area contributed by atoms with Crippen LogP contribution in [0.3, 0.4) is 0 Å². The fourth-order valence-corrected chi connectivity index (χ4v) is 2.81. The average molecular weight is 340 g/mol. The van der Waals surface area contributed by atoms with Gasteiger partial charge in [0, 0.05) is 13.0 Å². The zero-order chi connectivity index (χ0) is 17.9. The molecule has 0 fully saturated rings. The maximum atomic E-state index is 10.9. The highest BCUT2D eigenvalue weighted by molar-refractivity contribution is 5.86. The van der Waals surface area contributed by atoms with Gasteiger partial charge in [-0.25, -0.2) is 0 Å². The van der Waals surface area contributed by atoms with E-state index < -0.39 is 5.97 Å². The van der Waals surface area contributed by atoms with Gasteiger partial charge < -0.3 is 10.4 Å². The van der Waals surface area contributed by atoms with E-state index in [4.69, 9.17) is 5.11 Å². The lowest BCUT2D eigenvalue weighted by atomic mass is 10.0. The normalized spacial score (nSPS) is 10.5. The van der Waals surface area contributed by atoms with Crippen molar-refractivity contribution in [1.82, 2.24) is 5.32 Å². The zero-order valence-electron chi connectivity index (χ0n) is 15.4. The zero-order valence-corrected chi connectivity index (χ0v) is 15.4. The van der Waals surface area contributed by atoms with Gasteiger partial charge in [-0.1, -0.05) is 83.6 Å². The highest BCUT2D eigenvalue weighted by atomic mass is 16.4. The molecule has 0 aliphatic heterocycles.